The van der Waals surface area contributed by atoms with Crippen molar-refractivity contribution in [1.29, 1.82) is 0 Å². The lowest BCUT2D eigenvalue weighted by atomic mass is 9.79. The van der Waals surface area contributed by atoms with E-state index >= 15 is 0 Å². The minimum atomic E-state index is -1.70. The molecular formula is C29H30N2O6. The number of hydrogen-bond acceptors (Lipinski definition) is 6. The maximum Gasteiger partial charge on any atom is 0.408 e. The summed E-state index contributed by atoms with van der Waals surface area (Å²) < 4.78 is 10.4. The van der Waals surface area contributed by atoms with Crippen LogP contribution >= 0.6 is 0 Å². The van der Waals surface area contributed by atoms with E-state index in [-0.39, 0.29) is 26.0 Å². The van der Waals surface area contributed by atoms with Crippen molar-refractivity contribution in [3.63, 3.8) is 0 Å². The Bertz CT molecular complexity index is 1200. The first-order chi connectivity index (χ1) is 17.9. The average Bonchev–Trinajstić information content (AvgIpc) is 2.94. The molecule has 1 aliphatic heterocycles. The predicted octanol–water partition coefficient (Wildman–Crippen LogP) is 3.19. The largest absolute Gasteiger partial charge is 0.467 e. The zero-order valence-corrected chi connectivity index (χ0v) is 20.6. The Morgan fingerprint density at radius 1 is 0.973 bits per heavy atom. The van der Waals surface area contributed by atoms with Gasteiger partial charge in [0.25, 0.3) is 0 Å². The molecule has 1 saturated heterocycles. The number of aliphatic hydroxyl groups is 1. The third-order valence-electron chi connectivity index (χ3n) is 6.61. The van der Waals surface area contributed by atoms with E-state index in [1.165, 1.54) is 12.0 Å². The number of amides is 2. The second-order valence-corrected chi connectivity index (χ2v) is 8.94. The standard InChI is InChI=1S/C29H30N2O6/c1-36-27(33)24(19-21-11-5-2-6-12-21)31-18-17-29(35,23-15-9-4-10-16-23)25(26(31)32)30-28(34)37-20-22-13-7-3-8-14-22/h2-16,24-25,35H,17-20H2,1H3,(H,30,34)/t24-,25+,29+/m0/s1. The molecule has 0 unspecified atom stereocenters. The highest BCUT2D eigenvalue weighted by atomic mass is 16.5. The molecule has 0 spiro atoms. The number of methoxy groups -OCH3 is 1. The fraction of sp³-hybridized carbons (Fsp3) is 0.276. The first-order valence-electron chi connectivity index (χ1n) is 12.1. The highest BCUT2D eigenvalue weighted by Gasteiger charge is 2.51. The van der Waals surface area contributed by atoms with Crippen LogP contribution in [0.5, 0.6) is 0 Å². The number of hydrogen-bond donors (Lipinski definition) is 2. The average molecular weight is 503 g/mol. The predicted molar refractivity (Wildman–Crippen MR) is 136 cm³/mol. The molecule has 1 heterocycles. The number of piperidine rings is 1. The second kappa shape index (κ2) is 11.7. The van der Waals surface area contributed by atoms with Gasteiger partial charge in [-0.1, -0.05) is 91.0 Å². The third-order valence-corrected chi connectivity index (χ3v) is 6.61. The minimum Gasteiger partial charge on any atom is -0.467 e. The van der Waals surface area contributed by atoms with Crippen molar-refractivity contribution in [1.82, 2.24) is 10.2 Å². The Labute approximate surface area is 215 Å². The molecule has 3 aromatic carbocycles. The zero-order chi connectivity index (χ0) is 26.3. The number of carbonyl (C=O) groups is 3. The van der Waals surface area contributed by atoms with Crippen LogP contribution in [0.2, 0.25) is 0 Å². The van der Waals surface area contributed by atoms with Gasteiger partial charge in [-0.25, -0.2) is 9.59 Å². The number of alkyl carbamates (subject to hydrolysis) is 1. The van der Waals surface area contributed by atoms with Gasteiger partial charge >= 0.3 is 12.1 Å². The molecule has 2 N–H and O–H groups in total. The van der Waals surface area contributed by atoms with Crippen molar-refractivity contribution in [2.75, 3.05) is 13.7 Å². The van der Waals surface area contributed by atoms with Crippen LogP contribution in [-0.4, -0.2) is 53.7 Å². The first-order valence-corrected chi connectivity index (χ1v) is 12.1. The number of benzene rings is 3. The molecule has 1 aliphatic rings. The fourth-order valence-electron chi connectivity index (χ4n) is 4.62. The summed E-state index contributed by atoms with van der Waals surface area (Å²) in [4.78, 5) is 40.8. The zero-order valence-electron chi connectivity index (χ0n) is 20.6. The van der Waals surface area contributed by atoms with Crippen LogP contribution in [-0.2, 0) is 37.7 Å². The first kappa shape index (κ1) is 25.9. The van der Waals surface area contributed by atoms with E-state index in [2.05, 4.69) is 5.32 Å². The van der Waals surface area contributed by atoms with Gasteiger partial charge in [0.05, 0.1) is 7.11 Å². The van der Waals surface area contributed by atoms with E-state index < -0.39 is 35.7 Å². The summed E-state index contributed by atoms with van der Waals surface area (Å²) in [5.74, 6) is -1.17. The topological polar surface area (TPSA) is 105 Å². The van der Waals surface area contributed by atoms with Crippen LogP contribution in [0.4, 0.5) is 4.79 Å². The number of nitrogens with zero attached hydrogens (tertiary/aromatic N) is 1. The van der Waals surface area contributed by atoms with Crippen molar-refractivity contribution in [2.45, 2.75) is 37.1 Å². The molecule has 3 atom stereocenters. The van der Waals surface area contributed by atoms with Crippen LogP contribution < -0.4 is 5.32 Å². The van der Waals surface area contributed by atoms with Gasteiger partial charge in [0, 0.05) is 19.4 Å². The number of ether oxygens (including phenoxy) is 2. The Morgan fingerprint density at radius 2 is 1.54 bits per heavy atom. The smallest absolute Gasteiger partial charge is 0.408 e. The number of esters is 1. The maximum atomic E-state index is 13.9. The van der Waals surface area contributed by atoms with E-state index in [4.69, 9.17) is 9.47 Å². The summed E-state index contributed by atoms with van der Waals surface area (Å²) in [6, 6.07) is 24.8. The van der Waals surface area contributed by atoms with Crippen molar-refractivity contribution in [3.8, 4) is 0 Å². The molecule has 37 heavy (non-hydrogen) atoms. The summed E-state index contributed by atoms with van der Waals surface area (Å²) in [6.07, 6.45) is -0.529. The van der Waals surface area contributed by atoms with Gasteiger partial charge in [0.2, 0.25) is 5.91 Å². The van der Waals surface area contributed by atoms with E-state index in [1.807, 2.05) is 60.7 Å². The molecule has 0 saturated carbocycles. The molecule has 192 valence electrons. The normalized spacial score (nSPS) is 20.1. The van der Waals surface area contributed by atoms with Gasteiger partial charge in [-0.2, -0.15) is 0 Å². The molecule has 0 radical (unpaired) electrons. The van der Waals surface area contributed by atoms with Gasteiger partial charge in [-0.15, -0.1) is 0 Å². The Morgan fingerprint density at radius 3 is 2.14 bits per heavy atom. The van der Waals surface area contributed by atoms with Gasteiger partial charge < -0.3 is 24.8 Å². The van der Waals surface area contributed by atoms with Crippen LogP contribution in [0.15, 0.2) is 91.0 Å². The third kappa shape index (κ3) is 5.98. The summed E-state index contributed by atoms with van der Waals surface area (Å²) in [7, 11) is 1.27. The van der Waals surface area contributed by atoms with Crippen molar-refractivity contribution < 1.29 is 29.0 Å². The monoisotopic (exact) mass is 502 g/mol. The van der Waals surface area contributed by atoms with Gasteiger partial charge in [-0.05, 0) is 16.7 Å². The molecule has 2 amide bonds. The van der Waals surface area contributed by atoms with Crippen LogP contribution in [0.3, 0.4) is 0 Å². The summed E-state index contributed by atoms with van der Waals surface area (Å²) in [5.41, 5.74) is 0.408. The van der Waals surface area contributed by atoms with Gasteiger partial charge in [0.1, 0.15) is 24.3 Å². The van der Waals surface area contributed by atoms with Crippen LogP contribution in [0.25, 0.3) is 0 Å². The molecule has 8 nitrogen and oxygen atoms in total. The van der Waals surface area contributed by atoms with E-state index in [0.717, 1.165) is 11.1 Å². The van der Waals surface area contributed by atoms with Crippen molar-refractivity contribution in [2.24, 2.45) is 0 Å². The molecule has 4 rings (SSSR count). The molecule has 0 aromatic heterocycles. The van der Waals surface area contributed by atoms with Crippen molar-refractivity contribution in [3.05, 3.63) is 108 Å². The minimum absolute atomic E-state index is 0.000142. The Kier molecular flexibility index (Phi) is 8.20. The summed E-state index contributed by atoms with van der Waals surface area (Å²) in [5, 5.41) is 14.3. The Hall–Kier alpha value is -4.17. The maximum absolute atomic E-state index is 13.9. The number of carbonyl (C=O) groups excluding carboxylic acids is 3. The fourth-order valence-corrected chi connectivity index (χ4v) is 4.62. The number of nitrogens with one attached hydrogen (secondary N) is 1. The SMILES string of the molecule is COC(=O)[C@H](Cc1ccccc1)N1CC[C@@](O)(c2ccccc2)[C@H](NC(=O)OCc2ccccc2)C1=O. The number of rotatable bonds is 8. The highest BCUT2D eigenvalue weighted by Crippen LogP contribution is 2.35. The number of likely N-dealkylation sites (tertiary alicyclic amines) is 1. The summed E-state index contributed by atoms with van der Waals surface area (Å²) >= 11 is 0. The molecular weight excluding hydrogens is 472 g/mol. The van der Waals surface area contributed by atoms with Crippen molar-refractivity contribution >= 4 is 18.0 Å². The molecule has 8 heteroatoms. The lowest BCUT2D eigenvalue weighted by molar-refractivity contribution is -0.163. The molecule has 0 aliphatic carbocycles. The molecule has 0 bridgehead atoms. The van der Waals surface area contributed by atoms with E-state index in [1.54, 1.807) is 30.3 Å². The Balaban J connectivity index is 1.60. The second-order valence-electron chi connectivity index (χ2n) is 8.94. The lowest BCUT2D eigenvalue weighted by Gasteiger charge is -2.45. The van der Waals surface area contributed by atoms with Crippen LogP contribution in [0, 0.1) is 0 Å². The molecule has 3 aromatic rings. The van der Waals surface area contributed by atoms with E-state index in [0.29, 0.717) is 5.56 Å². The van der Waals surface area contributed by atoms with Crippen LogP contribution in [0.1, 0.15) is 23.1 Å². The molecule has 1 fully saturated rings. The quantitative estimate of drug-likeness (QED) is 0.459. The van der Waals surface area contributed by atoms with Gasteiger partial charge in [-0.3, -0.25) is 4.79 Å². The van der Waals surface area contributed by atoms with E-state index in [9.17, 15) is 19.5 Å². The summed E-state index contributed by atoms with van der Waals surface area (Å²) in [6.45, 7) is 0.0912. The highest BCUT2D eigenvalue weighted by molar-refractivity contribution is 5.91. The van der Waals surface area contributed by atoms with Gasteiger partial charge in [0.15, 0.2) is 0 Å². The lowest BCUT2D eigenvalue weighted by Crippen LogP contribution is -2.66.